The molecule has 1 aliphatic rings. The van der Waals surface area contributed by atoms with Gasteiger partial charge in [-0.3, -0.25) is 9.48 Å². The first-order valence-electron chi connectivity index (χ1n) is 11.2. The average Bonchev–Trinajstić information content (AvgIpc) is 3.20. The summed E-state index contributed by atoms with van der Waals surface area (Å²) in [6.45, 7) is -0.504. The number of hydrogen-bond acceptors (Lipinski definition) is 11. The van der Waals surface area contributed by atoms with Gasteiger partial charge >= 0.3 is 18.3 Å². The van der Waals surface area contributed by atoms with Crippen molar-refractivity contribution < 1.29 is 51.2 Å². The monoisotopic (exact) mass is 578 g/mol. The number of nitrogens with zero attached hydrogens (tertiary/aromatic N) is 7. The summed E-state index contributed by atoms with van der Waals surface area (Å²) in [5.74, 6) is -6.56. The molecule has 0 spiro atoms. The molecule has 13 nitrogen and oxygen atoms in total. The summed E-state index contributed by atoms with van der Waals surface area (Å²) < 4.78 is 86.0. The first kappa shape index (κ1) is 29.1. The van der Waals surface area contributed by atoms with Crippen molar-refractivity contribution in [2.45, 2.75) is 37.3 Å². The zero-order valence-electron chi connectivity index (χ0n) is 20.4. The number of alkyl halides is 5. The quantitative estimate of drug-likeness (QED) is 0.241. The molecule has 2 unspecified atom stereocenters. The number of ether oxygens (including phenoxy) is 1. The Bertz CT molecular complexity index is 1380. The third-order valence-electron chi connectivity index (χ3n) is 5.78. The number of aliphatic hydroxyl groups is 3. The standard InChI is InChI=1S/C21H20F6N8O5/c1-9-12(7-32-18-30-3-10(4-31-18)20(25,26)27)35(8-19(23,24)40-9)17(36)14-13(16-28-5-11(22)6-29-16)15(21(37,38)39)34(2)33-14/h3-6,9,12,37-39H,7-8H2,1-2H3,(H,30,31,32). The van der Waals surface area contributed by atoms with Crippen LogP contribution in [0.2, 0.25) is 0 Å². The number of aryl methyl sites for hydroxylation is 1. The van der Waals surface area contributed by atoms with Crippen molar-refractivity contribution in [2.24, 2.45) is 7.05 Å². The summed E-state index contributed by atoms with van der Waals surface area (Å²) in [7, 11) is 1.09. The molecule has 4 N–H and O–H groups in total. The van der Waals surface area contributed by atoms with Crippen LogP contribution in [-0.2, 0) is 23.9 Å². The SMILES string of the molecule is CC1OC(F)(F)CN(C(=O)c2nn(C)c(C(O)(O)O)c2-c2ncc(F)cn2)C1CNc1ncc(C(F)(F)F)cn1. The Hall–Kier alpha value is -3.94. The van der Waals surface area contributed by atoms with E-state index in [1.807, 2.05) is 0 Å². The van der Waals surface area contributed by atoms with Gasteiger partial charge in [-0.2, -0.15) is 27.1 Å². The van der Waals surface area contributed by atoms with Crippen molar-refractivity contribution in [2.75, 3.05) is 18.4 Å². The zero-order chi connectivity index (χ0) is 29.6. The fourth-order valence-corrected chi connectivity index (χ4v) is 4.06. The van der Waals surface area contributed by atoms with Crippen molar-refractivity contribution in [3.05, 3.63) is 47.6 Å². The lowest BCUT2D eigenvalue weighted by Gasteiger charge is -2.42. The van der Waals surface area contributed by atoms with Crippen LogP contribution < -0.4 is 5.32 Å². The summed E-state index contributed by atoms with van der Waals surface area (Å²) in [6.07, 6.45) is -7.57. The normalized spacial score (nSPS) is 19.5. The Morgan fingerprint density at radius 2 is 1.73 bits per heavy atom. The highest BCUT2D eigenvalue weighted by molar-refractivity contribution is 5.99. The number of carbonyl (C=O) groups is 1. The number of hydrogen-bond donors (Lipinski definition) is 4. The van der Waals surface area contributed by atoms with E-state index in [-0.39, 0.29) is 12.5 Å². The molecule has 4 rings (SSSR count). The molecule has 1 aliphatic heterocycles. The van der Waals surface area contributed by atoms with Gasteiger partial charge in [-0.1, -0.05) is 0 Å². The van der Waals surface area contributed by atoms with Gasteiger partial charge in [-0.15, -0.1) is 0 Å². The van der Waals surface area contributed by atoms with Gasteiger partial charge in [0.1, 0.15) is 12.2 Å². The second kappa shape index (κ2) is 10.2. The molecular formula is C21H20F6N8O5. The van der Waals surface area contributed by atoms with Crippen LogP contribution in [0.5, 0.6) is 0 Å². The molecule has 0 bridgehead atoms. The van der Waals surface area contributed by atoms with Gasteiger partial charge in [0.15, 0.2) is 17.3 Å². The first-order chi connectivity index (χ1) is 18.5. The molecule has 216 valence electrons. The van der Waals surface area contributed by atoms with E-state index in [9.17, 15) is 46.5 Å². The van der Waals surface area contributed by atoms with Crippen LogP contribution in [0.4, 0.5) is 32.3 Å². The van der Waals surface area contributed by atoms with Gasteiger partial charge in [0, 0.05) is 26.0 Å². The summed E-state index contributed by atoms with van der Waals surface area (Å²) in [6, 6.07) is -1.23. The highest BCUT2D eigenvalue weighted by Crippen LogP contribution is 2.35. The molecule has 0 aliphatic carbocycles. The molecule has 0 saturated carbocycles. The van der Waals surface area contributed by atoms with Crippen LogP contribution in [0.15, 0.2) is 24.8 Å². The molecule has 0 aromatic carbocycles. The van der Waals surface area contributed by atoms with Crippen molar-refractivity contribution >= 4 is 11.9 Å². The lowest BCUT2D eigenvalue weighted by molar-refractivity contribution is -0.327. The van der Waals surface area contributed by atoms with E-state index in [1.54, 1.807) is 0 Å². The van der Waals surface area contributed by atoms with E-state index in [2.05, 4.69) is 30.4 Å². The van der Waals surface area contributed by atoms with Crippen LogP contribution in [0, 0.1) is 5.82 Å². The number of morpholine rings is 1. The van der Waals surface area contributed by atoms with Gasteiger partial charge in [-0.05, 0) is 6.92 Å². The van der Waals surface area contributed by atoms with E-state index < -0.39 is 77.0 Å². The van der Waals surface area contributed by atoms with E-state index in [0.717, 1.165) is 7.05 Å². The molecule has 3 aromatic rings. The summed E-state index contributed by atoms with van der Waals surface area (Å²) in [4.78, 5) is 28.7. The Morgan fingerprint density at radius 1 is 1.12 bits per heavy atom. The molecule has 4 heterocycles. The van der Waals surface area contributed by atoms with Crippen LogP contribution >= 0.6 is 0 Å². The van der Waals surface area contributed by atoms with E-state index in [1.165, 1.54) is 6.92 Å². The van der Waals surface area contributed by atoms with E-state index in [0.29, 0.717) is 34.4 Å². The summed E-state index contributed by atoms with van der Waals surface area (Å²) in [5.41, 5.74) is -3.27. The minimum absolute atomic E-state index is 0.309. The second-order valence-corrected chi connectivity index (χ2v) is 8.69. The number of anilines is 1. The predicted octanol–water partition coefficient (Wildman–Crippen LogP) is 0.847. The maximum atomic E-state index is 14.4. The highest BCUT2D eigenvalue weighted by atomic mass is 19.4. The highest BCUT2D eigenvalue weighted by Gasteiger charge is 2.49. The zero-order valence-corrected chi connectivity index (χ0v) is 20.4. The molecule has 3 aromatic heterocycles. The summed E-state index contributed by atoms with van der Waals surface area (Å²) >= 11 is 0. The van der Waals surface area contributed by atoms with Crippen molar-refractivity contribution in [3.8, 4) is 11.4 Å². The molecule has 1 saturated heterocycles. The second-order valence-electron chi connectivity index (χ2n) is 8.69. The topological polar surface area (TPSA) is 172 Å². The number of aromatic nitrogens is 6. The number of rotatable bonds is 6. The number of amides is 1. The van der Waals surface area contributed by atoms with Crippen LogP contribution in [-0.4, -0.2) is 87.2 Å². The van der Waals surface area contributed by atoms with Crippen molar-refractivity contribution in [1.82, 2.24) is 34.6 Å². The summed E-state index contributed by atoms with van der Waals surface area (Å²) in [5, 5.41) is 36.1. The van der Waals surface area contributed by atoms with Gasteiger partial charge in [0.25, 0.3) is 5.91 Å². The minimum atomic E-state index is -4.69. The smallest absolute Gasteiger partial charge is 0.352 e. The Labute approximate surface area is 220 Å². The molecule has 19 heteroatoms. The van der Waals surface area contributed by atoms with Crippen molar-refractivity contribution in [3.63, 3.8) is 0 Å². The van der Waals surface area contributed by atoms with Crippen LogP contribution in [0.25, 0.3) is 11.4 Å². The Morgan fingerprint density at radius 3 is 2.27 bits per heavy atom. The Kier molecular flexibility index (Phi) is 7.43. The molecule has 2 atom stereocenters. The fraction of sp³-hybridized carbons (Fsp3) is 0.429. The van der Waals surface area contributed by atoms with Crippen molar-refractivity contribution in [1.29, 1.82) is 0 Å². The maximum absolute atomic E-state index is 14.4. The Balaban J connectivity index is 1.71. The molecule has 40 heavy (non-hydrogen) atoms. The predicted molar refractivity (Wildman–Crippen MR) is 118 cm³/mol. The van der Waals surface area contributed by atoms with Gasteiger partial charge in [-0.25, -0.2) is 24.3 Å². The van der Waals surface area contributed by atoms with Gasteiger partial charge in [0.05, 0.1) is 35.7 Å². The van der Waals surface area contributed by atoms with Crippen LogP contribution in [0.1, 0.15) is 28.7 Å². The molecule has 1 fully saturated rings. The molecule has 1 amide bonds. The van der Waals surface area contributed by atoms with E-state index in [4.69, 9.17) is 4.74 Å². The fourth-order valence-electron chi connectivity index (χ4n) is 4.06. The number of nitrogens with one attached hydrogen (secondary N) is 1. The largest absolute Gasteiger partial charge is 0.419 e. The third-order valence-corrected chi connectivity index (χ3v) is 5.78. The van der Waals surface area contributed by atoms with E-state index >= 15 is 0 Å². The lowest BCUT2D eigenvalue weighted by Crippen LogP contribution is -2.61. The number of halogens is 6. The molecule has 0 radical (unpaired) electrons. The number of carbonyl (C=O) groups excluding carboxylic acids is 1. The lowest BCUT2D eigenvalue weighted by atomic mass is 10.0. The first-order valence-corrected chi connectivity index (χ1v) is 11.2. The third kappa shape index (κ3) is 5.96. The van der Waals surface area contributed by atoms with Gasteiger partial charge < -0.3 is 30.3 Å². The maximum Gasteiger partial charge on any atom is 0.419 e. The van der Waals surface area contributed by atoms with Crippen LogP contribution in [0.3, 0.4) is 0 Å². The average molecular weight is 578 g/mol. The minimum Gasteiger partial charge on any atom is -0.352 e. The van der Waals surface area contributed by atoms with Gasteiger partial charge in [0.2, 0.25) is 5.95 Å². The molecular weight excluding hydrogens is 558 g/mol.